The Morgan fingerprint density at radius 2 is 1.96 bits per heavy atom. The Morgan fingerprint density at radius 3 is 2.74 bits per heavy atom. The summed E-state index contributed by atoms with van der Waals surface area (Å²) in [5.74, 6) is -0.658. The molecular formula is C20H15Cl2FN2O2. The number of amides is 1. The van der Waals surface area contributed by atoms with Gasteiger partial charge in [0.2, 0.25) is 0 Å². The molecule has 1 aliphatic carbocycles. The summed E-state index contributed by atoms with van der Waals surface area (Å²) in [6, 6.07) is 9.78. The number of fused-ring (bicyclic) bond motifs is 1. The molecule has 3 aromatic rings. The summed E-state index contributed by atoms with van der Waals surface area (Å²) >= 11 is 12.4. The molecule has 1 N–H and O–H groups in total. The van der Waals surface area contributed by atoms with Crippen LogP contribution in [0.5, 0.6) is 0 Å². The summed E-state index contributed by atoms with van der Waals surface area (Å²) < 4.78 is 19.5. The van der Waals surface area contributed by atoms with Crippen molar-refractivity contribution in [3.63, 3.8) is 0 Å². The van der Waals surface area contributed by atoms with Gasteiger partial charge in [0.05, 0.1) is 16.6 Å². The second-order valence-electron chi connectivity index (χ2n) is 6.43. The van der Waals surface area contributed by atoms with Gasteiger partial charge in [-0.15, -0.1) is 0 Å². The van der Waals surface area contributed by atoms with Crippen LogP contribution in [0, 0.1) is 12.7 Å². The number of carbonyl (C=O) groups is 1. The van der Waals surface area contributed by atoms with E-state index in [1.165, 1.54) is 12.1 Å². The molecule has 2 aromatic carbocycles. The van der Waals surface area contributed by atoms with E-state index in [4.69, 9.17) is 27.7 Å². The largest absolute Gasteiger partial charge is 0.360 e. The van der Waals surface area contributed by atoms with Crippen LogP contribution in [0.25, 0.3) is 11.3 Å². The maximum atomic E-state index is 14.3. The lowest BCUT2D eigenvalue weighted by Gasteiger charge is -2.15. The van der Waals surface area contributed by atoms with Crippen molar-refractivity contribution in [3.05, 3.63) is 74.7 Å². The predicted molar refractivity (Wildman–Crippen MR) is 102 cm³/mol. The Kier molecular flexibility index (Phi) is 4.66. The highest BCUT2D eigenvalue weighted by molar-refractivity contribution is 6.33. The predicted octanol–water partition coefficient (Wildman–Crippen LogP) is 5.51. The average Bonchev–Trinajstić information content (AvgIpc) is 3.20. The zero-order valence-corrected chi connectivity index (χ0v) is 15.9. The summed E-state index contributed by atoms with van der Waals surface area (Å²) in [5, 5.41) is 7.73. The molecule has 4 nitrogen and oxygen atoms in total. The lowest BCUT2D eigenvalue weighted by Crippen LogP contribution is -2.27. The van der Waals surface area contributed by atoms with E-state index in [1.807, 2.05) is 18.2 Å². The smallest absolute Gasteiger partial charge is 0.257 e. The van der Waals surface area contributed by atoms with Gasteiger partial charge in [-0.05, 0) is 49.1 Å². The lowest BCUT2D eigenvalue weighted by molar-refractivity contribution is 0.0935. The summed E-state index contributed by atoms with van der Waals surface area (Å²) in [4.78, 5) is 13.0. The number of nitrogens with one attached hydrogen (secondary N) is 1. The molecule has 0 unspecified atom stereocenters. The molecule has 138 valence electrons. The van der Waals surface area contributed by atoms with Crippen molar-refractivity contribution in [2.75, 3.05) is 0 Å². The molecule has 1 amide bonds. The van der Waals surface area contributed by atoms with Gasteiger partial charge in [0.25, 0.3) is 5.91 Å². The second kappa shape index (κ2) is 6.98. The molecule has 1 heterocycles. The molecule has 4 rings (SSSR count). The van der Waals surface area contributed by atoms with Crippen LogP contribution in [0.15, 0.2) is 40.9 Å². The van der Waals surface area contributed by atoms with Crippen LogP contribution >= 0.6 is 23.2 Å². The normalized spacial score (nSPS) is 15.6. The van der Waals surface area contributed by atoms with Crippen LogP contribution in [0.2, 0.25) is 10.0 Å². The minimum absolute atomic E-state index is 0.0519. The van der Waals surface area contributed by atoms with E-state index in [2.05, 4.69) is 10.5 Å². The molecule has 0 saturated heterocycles. The number of rotatable bonds is 3. The number of nitrogens with zero attached hydrogens (tertiary/aromatic N) is 1. The van der Waals surface area contributed by atoms with Crippen molar-refractivity contribution < 1.29 is 13.7 Å². The SMILES string of the molecule is Cc1onc(-c2c(F)cccc2Cl)c1C(=O)N[C@H]1CCc2c(Cl)cccc21. The van der Waals surface area contributed by atoms with Crippen LogP contribution < -0.4 is 5.32 Å². The summed E-state index contributed by atoms with van der Waals surface area (Å²) in [5.41, 5.74) is 2.37. The van der Waals surface area contributed by atoms with Crippen molar-refractivity contribution in [3.8, 4) is 11.3 Å². The van der Waals surface area contributed by atoms with Gasteiger partial charge >= 0.3 is 0 Å². The number of aryl methyl sites for hydroxylation is 1. The van der Waals surface area contributed by atoms with E-state index >= 15 is 0 Å². The Labute approximate surface area is 165 Å². The molecule has 0 radical (unpaired) electrons. The molecule has 0 spiro atoms. The van der Waals surface area contributed by atoms with Gasteiger partial charge in [-0.25, -0.2) is 4.39 Å². The Hall–Kier alpha value is -2.37. The van der Waals surface area contributed by atoms with Gasteiger partial charge in [-0.1, -0.05) is 46.6 Å². The molecule has 0 saturated carbocycles. The van der Waals surface area contributed by atoms with Crippen LogP contribution in [-0.2, 0) is 6.42 Å². The van der Waals surface area contributed by atoms with Crippen LogP contribution in [0.1, 0.15) is 39.7 Å². The van der Waals surface area contributed by atoms with Crippen molar-refractivity contribution >= 4 is 29.1 Å². The van der Waals surface area contributed by atoms with Crippen LogP contribution in [0.3, 0.4) is 0 Å². The molecule has 0 aliphatic heterocycles. The fraction of sp³-hybridized carbons (Fsp3) is 0.200. The lowest BCUT2D eigenvalue weighted by atomic mass is 10.0. The van der Waals surface area contributed by atoms with Crippen molar-refractivity contribution in [1.29, 1.82) is 0 Å². The third kappa shape index (κ3) is 3.11. The van der Waals surface area contributed by atoms with Gasteiger partial charge < -0.3 is 9.84 Å². The van der Waals surface area contributed by atoms with Gasteiger partial charge in [-0.3, -0.25) is 4.79 Å². The van der Waals surface area contributed by atoms with E-state index in [9.17, 15) is 9.18 Å². The van der Waals surface area contributed by atoms with E-state index in [-0.39, 0.29) is 33.8 Å². The van der Waals surface area contributed by atoms with Crippen molar-refractivity contribution in [1.82, 2.24) is 10.5 Å². The fourth-order valence-corrected chi connectivity index (χ4v) is 4.05. The average molecular weight is 405 g/mol. The Balaban J connectivity index is 1.69. The maximum Gasteiger partial charge on any atom is 0.257 e. The number of hydrogen-bond donors (Lipinski definition) is 1. The highest BCUT2D eigenvalue weighted by Crippen LogP contribution is 2.37. The number of aromatic nitrogens is 1. The molecule has 1 aromatic heterocycles. The molecule has 27 heavy (non-hydrogen) atoms. The summed E-state index contributed by atoms with van der Waals surface area (Å²) in [6.45, 7) is 1.61. The van der Waals surface area contributed by atoms with Gasteiger partial charge in [0.1, 0.15) is 22.8 Å². The maximum absolute atomic E-state index is 14.3. The minimum atomic E-state index is -0.567. The molecule has 1 atom stereocenters. The quantitative estimate of drug-likeness (QED) is 0.625. The van der Waals surface area contributed by atoms with Crippen molar-refractivity contribution in [2.24, 2.45) is 0 Å². The molecule has 7 heteroatoms. The molecule has 0 fully saturated rings. The molecule has 0 bridgehead atoms. The first-order valence-corrected chi connectivity index (χ1v) is 9.21. The topological polar surface area (TPSA) is 55.1 Å². The van der Waals surface area contributed by atoms with Gasteiger partial charge in [0.15, 0.2) is 0 Å². The summed E-state index contributed by atoms with van der Waals surface area (Å²) in [7, 11) is 0. The highest BCUT2D eigenvalue weighted by atomic mass is 35.5. The van der Waals surface area contributed by atoms with Gasteiger partial charge in [0, 0.05) is 5.02 Å². The van der Waals surface area contributed by atoms with Crippen LogP contribution in [-0.4, -0.2) is 11.1 Å². The molecule has 1 aliphatic rings. The van der Waals surface area contributed by atoms with Gasteiger partial charge in [-0.2, -0.15) is 0 Å². The monoisotopic (exact) mass is 404 g/mol. The van der Waals surface area contributed by atoms with E-state index in [0.29, 0.717) is 10.8 Å². The first kappa shape index (κ1) is 18.0. The van der Waals surface area contributed by atoms with Crippen molar-refractivity contribution in [2.45, 2.75) is 25.8 Å². The zero-order valence-electron chi connectivity index (χ0n) is 14.4. The van der Waals surface area contributed by atoms with E-state index in [1.54, 1.807) is 13.0 Å². The Bertz CT molecular complexity index is 1030. The minimum Gasteiger partial charge on any atom is -0.360 e. The number of benzene rings is 2. The second-order valence-corrected chi connectivity index (χ2v) is 7.25. The van der Waals surface area contributed by atoms with E-state index in [0.717, 1.165) is 24.0 Å². The first-order valence-electron chi connectivity index (χ1n) is 8.46. The van der Waals surface area contributed by atoms with E-state index < -0.39 is 5.82 Å². The number of carbonyl (C=O) groups excluding carboxylic acids is 1. The standard InChI is InChI=1S/C20H15Cl2FN2O2/c1-10-17(19(25-27-10)18-14(22)6-3-7-15(18)23)20(26)24-16-9-8-11-12(16)4-2-5-13(11)21/h2-7,16H,8-9H2,1H3,(H,24,26)/t16-/m0/s1. The number of hydrogen-bond acceptors (Lipinski definition) is 3. The highest BCUT2D eigenvalue weighted by Gasteiger charge is 2.30. The fourth-order valence-electron chi connectivity index (χ4n) is 3.52. The summed E-state index contributed by atoms with van der Waals surface area (Å²) in [6.07, 6.45) is 1.53. The third-order valence-electron chi connectivity index (χ3n) is 4.81. The number of halogens is 3. The first-order chi connectivity index (χ1) is 13.0. The Morgan fingerprint density at radius 1 is 1.22 bits per heavy atom. The third-order valence-corrected chi connectivity index (χ3v) is 5.48. The zero-order chi connectivity index (χ0) is 19.1. The molecular weight excluding hydrogens is 390 g/mol. The van der Waals surface area contributed by atoms with Crippen LogP contribution in [0.4, 0.5) is 4.39 Å².